The van der Waals surface area contributed by atoms with Gasteiger partial charge in [0.15, 0.2) is 5.13 Å². The molecule has 0 bridgehead atoms. The average Bonchev–Trinajstić information content (AvgIpc) is 3.21. The minimum absolute atomic E-state index is 0.319. The molecule has 2 aromatic heterocycles. The van der Waals surface area contributed by atoms with Gasteiger partial charge in [0.1, 0.15) is 17.3 Å². The van der Waals surface area contributed by atoms with Crippen molar-refractivity contribution in [2.24, 2.45) is 7.05 Å². The molecule has 7 heteroatoms. The number of hydrogen-bond acceptors (Lipinski definition) is 5. The van der Waals surface area contributed by atoms with E-state index in [1.807, 2.05) is 18.2 Å². The van der Waals surface area contributed by atoms with Gasteiger partial charge in [-0.1, -0.05) is 36.5 Å². The third-order valence-electron chi connectivity index (χ3n) is 4.88. The second-order valence-corrected chi connectivity index (χ2v) is 7.90. The van der Waals surface area contributed by atoms with Crippen molar-refractivity contribution in [2.75, 3.05) is 11.1 Å². The van der Waals surface area contributed by atoms with E-state index in [9.17, 15) is 4.39 Å². The van der Waals surface area contributed by atoms with Crippen LogP contribution in [0.3, 0.4) is 0 Å². The van der Waals surface area contributed by atoms with E-state index in [0.717, 1.165) is 32.9 Å². The highest BCUT2D eigenvalue weighted by atomic mass is 32.1. The summed E-state index contributed by atoms with van der Waals surface area (Å²) in [6.45, 7) is 4.27. The number of thiazole rings is 1. The highest BCUT2D eigenvalue weighted by molar-refractivity contribution is 7.22. The Morgan fingerprint density at radius 2 is 2.04 bits per heavy atom. The largest absolute Gasteiger partial charge is 0.383 e. The molecule has 0 saturated carbocycles. The Balaban J connectivity index is 1.83. The van der Waals surface area contributed by atoms with Crippen molar-refractivity contribution in [3.63, 3.8) is 0 Å². The van der Waals surface area contributed by atoms with Crippen molar-refractivity contribution in [1.29, 1.82) is 0 Å². The Bertz CT molecular complexity index is 1150. The summed E-state index contributed by atoms with van der Waals surface area (Å²) >= 11 is 1.60. The molecular formula is C21H22FN5S. The van der Waals surface area contributed by atoms with Crippen LogP contribution in [0, 0.1) is 5.82 Å². The molecule has 4 rings (SSSR count). The first-order valence-electron chi connectivity index (χ1n) is 9.22. The van der Waals surface area contributed by atoms with Gasteiger partial charge in [-0.15, -0.1) is 0 Å². The Labute approximate surface area is 167 Å². The van der Waals surface area contributed by atoms with Gasteiger partial charge in [0.25, 0.3) is 0 Å². The first-order chi connectivity index (χ1) is 13.5. The van der Waals surface area contributed by atoms with Gasteiger partial charge in [0.05, 0.1) is 15.8 Å². The summed E-state index contributed by atoms with van der Waals surface area (Å²) in [5.74, 6) is 0.181. The smallest absolute Gasteiger partial charge is 0.183 e. The topological polar surface area (TPSA) is 68.8 Å². The zero-order chi connectivity index (χ0) is 19.8. The lowest BCUT2D eigenvalue weighted by molar-refractivity contribution is 0.630. The summed E-state index contributed by atoms with van der Waals surface area (Å²) in [7, 11) is 1.77. The van der Waals surface area contributed by atoms with E-state index in [1.165, 1.54) is 6.07 Å². The maximum Gasteiger partial charge on any atom is 0.183 e. The molecule has 4 aromatic rings. The van der Waals surface area contributed by atoms with E-state index < -0.39 is 0 Å². The molecule has 0 spiro atoms. The van der Waals surface area contributed by atoms with Crippen molar-refractivity contribution in [2.45, 2.75) is 26.3 Å². The van der Waals surface area contributed by atoms with Crippen LogP contribution in [0.25, 0.3) is 32.6 Å². The average molecular weight is 396 g/mol. The van der Waals surface area contributed by atoms with Crippen molar-refractivity contribution in [3.8, 4) is 22.4 Å². The Morgan fingerprint density at radius 1 is 1.25 bits per heavy atom. The molecule has 0 amide bonds. The molecular weight excluding hydrogens is 373 g/mol. The van der Waals surface area contributed by atoms with Crippen molar-refractivity contribution in [1.82, 2.24) is 14.8 Å². The van der Waals surface area contributed by atoms with Gasteiger partial charge in [-0.2, -0.15) is 5.10 Å². The SMILES string of the molecule is CC[C@H](C)Nc1nc2ccc(-c3c(-c4ccccc4F)nn(C)c3N)cc2s1. The van der Waals surface area contributed by atoms with Crippen LogP contribution >= 0.6 is 11.3 Å². The zero-order valence-electron chi connectivity index (χ0n) is 16.0. The number of benzene rings is 2. The number of anilines is 2. The molecule has 0 radical (unpaired) electrons. The van der Waals surface area contributed by atoms with Crippen molar-refractivity contribution < 1.29 is 4.39 Å². The first kappa shape index (κ1) is 18.4. The van der Waals surface area contributed by atoms with Gasteiger partial charge in [-0.05, 0) is 43.2 Å². The van der Waals surface area contributed by atoms with Crippen LogP contribution in [0.15, 0.2) is 42.5 Å². The second kappa shape index (κ2) is 7.24. The number of nitrogens with zero attached hydrogens (tertiary/aromatic N) is 3. The maximum atomic E-state index is 14.4. The van der Waals surface area contributed by atoms with Gasteiger partial charge >= 0.3 is 0 Å². The molecule has 0 unspecified atom stereocenters. The molecule has 28 heavy (non-hydrogen) atoms. The maximum absolute atomic E-state index is 14.4. The van der Waals surface area contributed by atoms with Gasteiger partial charge in [0.2, 0.25) is 0 Å². The zero-order valence-corrected chi connectivity index (χ0v) is 16.8. The molecule has 0 fully saturated rings. The molecule has 1 atom stereocenters. The Morgan fingerprint density at radius 3 is 2.79 bits per heavy atom. The minimum atomic E-state index is -0.319. The Kier molecular flexibility index (Phi) is 4.77. The van der Waals surface area contributed by atoms with Crippen LogP contribution in [0.2, 0.25) is 0 Å². The number of hydrogen-bond donors (Lipinski definition) is 2. The quantitative estimate of drug-likeness (QED) is 0.481. The van der Waals surface area contributed by atoms with Gasteiger partial charge in [0, 0.05) is 18.7 Å². The Hall–Kier alpha value is -2.93. The van der Waals surface area contributed by atoms with Crippen molar-refractivity contribution in [3.05, 3.63) is 48.3 Å². The number of rotatable bonds is 5. The molecule has 2 aromatic carbocycles. The normalized spacial score (nSPS) is 12.4. The third kappa shape index (κ3) is 3.22. The van der Waals surface area contributed by atoms with Crippen LogP contribution in [0.1, 0.15) is 20.3 Å². The summed E-state index contributed by atoms with van der Waals surface area (Å²) in [6.07, 6.45) is 1.03. The van der Waals surface area contributed by atoms with Gasteiger partial charge in [-0.3, -0.25) is 4.68 Å². The highest BCUT2D eigenvalue weighted by Gasteiger charge is 2.20. The van der Waals surface area contributed by atoms with E-state index >= 15 is 0 Å². The first-order valence-corrected chi connectivity index (χ1v) is 10.0. The molecule has 5 nitrogen and oxygen atoms in total. The van der Waals surface area contributed by atoms with E-state index in [2.05, 4.69) is 29.2 Å². The molecule has 144 valence electrons. The summed E-state index contributed by atoms with van der Waals surface area (Å²) in [6, 6.07) is 13.0. The van der Waals surface area contributed by atoms with Crippen LogP contribution in [0.4, 0.5) is 15.3 Å². The number of aryl methyl sites for hydroxylation is 1. The van der Waals surface area contributed by atoms with Gasteiger partial charge in [-0.25, -0.2) is 9.37 Å². The predicted molar refractivity (Wildman–Crippen MR) is 115 cm³/mol. The highest BCUT2D eigenvalue weighted by Crippen LogP contribution is 2.39. The number of nitrogens with one attached hydrogen (secondary N) is 1. The van der Waals surface area contributed by atoms with Crippen LogP contribution in [0.5, 0.6) is 0 Å². The summed E-state index contributed by atoms with van der Waals surface area (Å²) in [5, 5.41) is 8.80. The van der Waals surface area contributed by atoms with Crippen LogP contribution < -0.4 is 11.1 Å². The molecule has 0 aliphatic carbocycles. The number of nitrogens with two attached hydrogens (primary N) is 1. The second-order valence-electron chi connectivity index (χ2n) is 6.87. The molecule has 3 N–H and O–H groups in total. The van der Waals surface area contributed by atoms with Crippen molar-refractivity contribution >= 4 is 32.5 Å². The minimum Gasteiger partial charge on any atom is -0.383 e. The third-order valence-corrected chi connectivity index (χ3v) is 5.83. The fraction of sp³-hybridized carbons (Fsp3) is 0.238. The van der Waals surface area contributed by atoms with E-state index in [-0.39, 0.29) is 5.82 Å². The molecule has 2 heterocycles. The van der Waals surface area contributed by atoms with Crippen LogP contribution in [-0.2, 0) is 7.05 Å². The predicted octanol–water partition coefficient (Wildman–Crippen LogP) is 5.30. The number of nitrogen functional groups attached to an aromatic ring is 1. The lowest BCUT2D eigenvalue weighted by Gasteiger charge is -2.08. The van der Waals surface area contributed by atoms with E-state index in [4.69, 9.17) is 5.73 Å². The lowest BCUT2D eigenvalue weighted by Crippen LogP contribution is -2.12. The fourth-order valence-corrected chi connectivity index (χ4v) is 4.13. The molecule has 0 saturated heterocycles. The summed E-state index contributed by atoms with van der Waals surface area (Å²) < 4.78 is 17.1. The standard InChI is InChI=1S/C21H22FN5S/c1-4-12(2)24-21-25-16-10-9-13(11-17(16)28-21)18-19(26-27(3)20(18)23)14-7-5-6-8-15(14)22/h5-12H,4,23H2,1-3H3,(H,24,25)/t12-/m0/s1. The number of aromatic nitrogens is 3. The monoisotopic (exact) mass is 395 g/mol. The van der Waals surface area contributed by atoms with E-state index in [1.54, 1.807) is 41.3 Å². The number of halogens is 1. The number of fused-ring (bicyclic) bond motifs is 1. The molecule has 0 aliphatic heterocycles. The lowest BCUT2D eigenvalue weighted by atomic mass is 10.0. The fourth-order valence-electron chi connectivity index (χ4n) is 3.12. The van der Waals surface area contributed by atoms with Gasteiger partial charge < -0.3 is 11.1 Å². The molecule has 0 aliphatic rings. The van der Waals surface area contributed by atoms with Crippen LogP contribution in [-0.4, -0.2) is 20.8 Å². The van der Waals surface area contributed by atoms with E-state index in [0.29, 0.717) is 23.1 Å². The summed E-state index contributed by atoms with van der Waals surface area (Å²) in [5.41, 5.74) is 9.85. The summed E-state index contributed by atoms with van der Waals surface area (Å²) in [4.78, 5) is 4.65.